The van der Waals surface area contributed by atoms with E-state index in [9.17, 15) is 8.42 Å². The summed E-state index contributed by atoms with van der Waals surface area (Å²) >= 11 is 4.73. The van der Waals surface area contributed by atoms with E-state index >= 15 is 0 Å². The highest BCUT2D eigenvalue weighted by molar-refractivity contribution is 7.89. The number of nitrogens with two attached hydrogens (primary N) is 1. The van der Waals surface area contributed by atoms with Gasteiger partial charge in [-0.3, -0.25) is 0 Å². The summed E-state index contributed by atoms with van der Waals surface area (Å²) in [5.41, 5.74) is 5.35. The number of sulfonamides is 1. The fourth-order valence-corrected chi connectivity index (χ4v) is 3.71. The molecule has 0 unspecified atom stereocenters. The van der Waals surface area contributed by atoms with Gasteiger partial charge >= 0.3 is 0 Å². The molecule has 1 rings (SSSR count). The molecule has 0 atom stereocenters. The van der Waals surface area contributed by atoms with E-state index in [1.165, 1.54) is 4.31 Å². The molecule has 6 heteroatoms. The van der Waals surface area contributed by atoms with Gasteiger partial charge in [0.15, 0.2) is 0 Å². The van der Waals surface area contributed by atoms with Crippen LogP contribution in [-0.2, 0) is 10.0 Å². The molecule has 0 heterocycles. The molecule has 0 aromatic carbocycles. The molecule has 88 valence electrons. The smallest absolute Gasteiger partial charge is 0.216 e. The second kappa shape index (κ2) is 5.23. The first-order valence-corrected chi connectivity index (χ1v) is 7.09. The van der Waals surface area contributed by atoms with Gasteiger partial charge in [0.2, 0.25) is 10.0 Å². The maximum atomic E-state index is 12.0. The van der Waals surface area contributed by atoms with E-state index in [4.69, 9.17) is 18.0 Å². The predicted molar refractivity (Wildman–Crippen MR) is 65.2 cm³/mol. The quantitative estimate of drug-likeness (QED) is 0.735. The topological polar surface area (TPSA) is 63.4 Å². The first-order chi connectivity index (χ1) is 6.94. The third-order valence-electron chi connectivity index (χ3n) is 2.83. The Kier molecular flexibility index (Phi) is 4.48. The molecule has 0 saturated heterocycles. The molecular weight excluding hydrogens is 232 g/mol. The summed E-state index contributed by atoms with van der Waals surface area (Å²) in [6, 6.07) is 0. The third kappa shape index (κ3) is 3.39. The van der Waals surface area contributed by atoms with E-state index in [2.05, 4.69) is 0 Å². The van der Waals surface area contributed by atoms with Crippen molar-refractivity contribution in [3.63, 3.8) is 0 Å². The van der Waals surface area contributed by atoms with Gasteiger partial charge in [-0.25, -0.2) is 12.7 Å². The molecule has 1 aliphatic carbocycles. The van der Waals surface area contributed by atoms with Crippen LogP contribution >= 0.6 is 12.2 Å². The molecule has 0 radical (unpaired) electrons. The van der Waals surface area contributed by atoms with Crippen LogP contribution in [-0.4, -0.2) is 36.6 Å². The molecule has 4 nitrogen and oxygen atoms in total. The monoisotopic (exact) mass is 250 g/mol. The summed E-state index contributed by atoms with van der Waals surface area (Å²) in [7, 11) is -1.51. The summed E-state index contributed by atoms with van der Waals surface area (Å²) in [6.07, 6.45) is 4.08. The van der Waals surface area contributed by atoms with Crippen molar-refractivity contribution in [1.29, 1.82) is 0 Å². The van der Waals surface area contributed by atoms with Crippen molar-refractivity contribution in [2.45, 2.75) is 37.4 Å². The average Bonchev–Trinajstić information content (AvgIpc) is 2.66. The average molecular weight is 250 g/mol. The number of thiocarbonyl (C=S) groups is 1. The lowest BCUT2D eigenvalue weighted by Crippen LogP contribution is -2.36. The van der Waals surface area contributed by atoms with Crippen LogP contribution in [0.3, 0.4) is 0 Å². The minimum absolute atomic E-state index is 0.186. The summed E-state index contributed by atoms with van der Waals surface area (Å²) < 4.78 is 25.4. The standard InChI is InChI=1S/C9H18N2O2S2/c1-11(7-6-9(10)14)15(12,13)8-4-2-3-5-8/h8H,2-7H2,1H3,(H2,10,14). The predicted octanol–water partition coefficient (Wildman–Crippen LogP) is 0.867. The Morgan fingerprint density at radius 2 is 2.00 bits per heavy atom. The third-order valence-corrected chi connectivity index (χ3v) is 5.40. The molecule has 0 aliphatic heterocycles. The Labute approximate surface area is 96.9 Å². The Bertz CT molecular complexity index is 321. The first-order valence-electron chi connectivity index (χ1n) is 5.18. The summed E-state index contributed by atoms with van der Waals surface area (Å²) in [4.78, 5) is 0.364. The highest BCUT2D eigenvalue weighted by atomic mass is 32.2. The van der Waals surface area contributed by atoms with Crippen LogP contribution < -0.4 is 5.73 Å². The zero-order valence-corrected chi connectivity index (χ0v) is 10.6. The number of rotatable bonds is 5. The van der Waals surface area contributed by atoms with Gasteiger partial charge in [-0.15, -0.1) is 0 Å². The highest BCUT2D eigenvalue weighted by Crippen LogP contribution is 2.26. The van der Waals surface area contributed by atoms with Crippen LogP contribution in [0.25, 0.3) is 0 Å². The molecule has 0 spiro atoms. The van der Waals surface area contributed by atoms with Crippen LogP contribution in [0.5, 0.6) is 0 Å². The normalized spacial score (nSPS) is 18.5. The second-order valence-corrected chi connectivity index (χ2v) is 6.83. The van der Waals surface area contributed by atoms with Gasteiger partial charge in [0.25, 0.3) is 0 Å². The van der Waals surface area contributed by atoms with Gasteiger partial charge in [0.05, 0.1) is 10.2 Å². The van der Waals surface area contributed by atoms with Crippen LogP contribution in [0.2, 0.25) is 0 Å². The van der Waals surface area contributed by atoms with E-state index in [1.54, 1.807) is 7.05 Å². The molecule has 0 bridgehead atoms. The van der Waals surface area contributed by atoms with Crippen molar-refractivity contribution in [3.05, 3.63) is 0 Å². The van der Waals surface area contributed by atoms with Crippen LogP contribution in [0.1, 0.15) is 32.1 Å². The molecule has 0 aromatic heterocycles. The van der Waals surface area contributed by atoms with Crippen LogP contribution in [0, 0.1) is 0 Å². The molecule has 0 amide bonds. The fraction of sp³-hybridized carbons (Fsp3) is 0.889. The van der Waals surface area contributed by atoms with E-state index in [-0.39, 0.29) is 5.25 Å². The number of nitrogens with zero attached hydrogens (tertiary/aromatic N) is 1. The van der Waals surface area contributed by atoms with Crippen molar-refractivity contribution in [2.24, 2.45) is 5.73 Å². The highest BCUT2D eigenvalue weighted by Gasteiger charge is 2.31. The lowest BCUT2D eigenvalue weighted by molar-refractivity contribution is 0.466. The number of hydrogen-bond acceptors (Lipinski definition) is 3. The molecular formula is C9H18N2O2S2. The van der Waals surface area contributed by atoms with Crippen molar-refractivity contribution in [1.82, 2.24) is 4.31 Å². The maximum Gasteiger partial charge on any atom is 0.216 e. The van der Waals surface area contributed by atoms with Gasteiger partial charge in [0.1, 0.15) is 0 Å². The van der Waals surface area contributed by atoms with Crippen molar-refractivity contribution >= 4 is 27.2 Å². The minimum atomic E-state index is -3.12. The molecule has 1 aliphatic rings. The molecule has 0 aromatic rings. The van der Waals surface area contributed by atoms with E-state index in [0.717, 1.165) is 25.7 Å². The van der Waals surface area contributed by atoms with E-state index in [1.807, 2.05) is 0 Å². The lowest BCUT2D eigenvalue weighted by Gasteiger charge is -2.21. The zero-order valence-electron chi connectivity index (χ0n) is 8.98. The summed E-state index contributed by atoms with van der Waals surface area (Å²) in [6.45, 7) is 0.397. The summed E-state index contributed by atoms with van der Waals surface area (Å²) in [5.74, 6) is 0. The van der Waals surface area contributed by atoms with Crippen molar-refractivity contribution < 1.29 is 8.42 Å². The molecule has 2 N–H and O–H groups in total. The second-order valence-electron chi connectivity index (χ2n) is 3.99. The largest absolute Gasteiger partial charge is 0.393 e. The van der Waals surface area contributed by atoms with Gasteiger partial charge in [-0.05, 0) is 12.8 Å². The van der Waals surface area contributed by atoms with Crippen LogP contribution in [0.15, 0.2) is 0 Å². The van der Waals surface area contributed by atoms with E-state index < -0.39 is 10.0 Å². The Morgan fingerprint density at radius 3 is 2.47 bits per heavy atom. The van der Waals surface area contributed by atoms with Crippen molar-refractivity contribution in [3.8, 4) is 0 Å². The number of hydrogen-bond donors (Lipinski definition) is 1. The molecule has 1 fully saturated rings. The zero-order chi connectivity index (χ0) is 11.5. The lowest BCUT2D eigenvalue weighted by atomic mass is 10.4. The fourth-order valence-electron chi connectivity index (χ4n) is 1.84. The maximum absolute atomic E-state index is 12.0. The molecule has 1 saturated carbocycles. The Balaban J connectivity index is 2.56. The summed E-state index contributed by atoms with van der Waals surface area (Å²) in [5, 5.41) is -0.186. The van der Waals surface area contributed by atoms with Gasteiger partial charge in [-0.1, -0.05) is 25.1 Å². The Morgan fingerprint density at radius 1 is 1.47 bits per heavy atom. The minimum Gasteiger partial charge on any atom is -0.393 e. The van der Waals surface area contributed by atoms with Crippen LogP contribution in [0.4, 0.5) is 0 Å². The first kappa shape index (κ1) is 12.9. The van der Waals surface area contributed by atoms with Gasteiger partial charge < -0.3 is 5.73 Å². The van der Waals surface area contributed by atoms with Gasteiger partial charge in [0, 0.05) is 20.0 Å². The van der Waals surface area contributed by atoms with E-state index in [0.29, 0.717) is 18.0 Å². The van der Waals surface area contributed by atoms with Gasteiger partial charge in [-0.2, -0.15) is 0 Å². The molecule has 15 heavy (non-hydrogen) atoms. The Hall–Kier alpha value is -0.200. The van der Waals surface area contributed by atoms with Crippen molar-refractivity contribution in [2.75, 3.05) is 13.6 Å². The SMILES string of the molecule is CN(CCC(N)=S)S(=O)(=O)C1CCCC1.